The highest BCUT2D eigenvalue weighted by Gasteiger charge is 2.32. The number of nitrogens with zero attached hydrogens (tertiary/aromatic N) is 2. The van der Waals surface area contributed by atoms with E-state index in [0.717, 1.165) is 28.8 Å². The number of halogens is 5. The Labute approximate surface area is 237 Å². The lowest BCUT2D eigenvalue weighted by Crippen LogP contribution is -2.52. The van der Waals surface area contributed by atoms with Crippen LogP contribution in [0.5, 0.6) is 0 Å². The van der Waals surface area contributed by atoms with Gasteiger partial charge in [0.2, 0.25) is 21.8 Å². The lowest BCUT2D eigenvalue weighted by Gasteiger charge is -2.32. The third-order valence-electron chi connectivity index (χ3n) is 5.67. The van der Waals surface area contributed by atoms with Gasteiger partial charge in [0.1, 0.15) is 6.04 Å². The van der Waals surface area contributed by atoms with Crippen LogP contribution in [0, 0.1) is 0 Å². The van der Waals surface area contributed by atoms with Gasteiger partial charge >= 0.3 is 6.18 Å². The highest BCUT2D eigenvalue weighted by atomic mass is 35.5. The molecule has 0 saturated carbocycles. The first kappa shape index (κ1) is 32.7. The predicted molar refractivity (Wildman–Crippen MR) is 147 cm³/mol. The van der Waals surface area contributed by atoms with Crippen molar-refractivity contribution in [1.82, 2.24) is 10.2 Å². The van der Waals surface area contributed by atoms with Crippen LogP contribution in [0.2, 0.25) is 10.0 Å². The fourth-order valence-electron chi connectivity index (χ4n) is 3.75. The van der Waals surface area contributed by atoms with E-state index in [1.54, 1.807) is 45.9 Å². The summed E-state index contributed by atoms with van der Waals surface area (Å²) >= 11 is 12.6. The second-order valence-electron chi connectivity index (χ2n) is 10.1. The Morgan fingerprint density at radius 3 is 2.10 bits per heavy atom. The molecule has 0 aromatic heterocycles. The van der Waals surface area contributed by atoms with E-state index in [-0.39, 0.29) is 31.6 Å². The Kier molecular flexibility index (Phi) is 10.7. The summed E-state index contributed by atoms with van der Waals surface area (Å²) in [6, 6.07) is 7.87. The van der Waals surface area contributed by atoms with Crippen LogP contribution in [0.15, 0.2) is 42.5 Å². The Morgan fingerprint density at radius 2 is 1.59 bits per heavy atom. The van der Waals surface area contributed by atoms with Gasteiger partial charge in [0, 0.05) is 40.7 Å². The first-order valence-electron chi connectivity index (χ1n) is 12.0. The van der Waals surface area contributed by atoms with Crippen LogP contribution >= 0.6 is 23.2 Å². The van der Waals surface area contributed by atoms with Gasteiger partial charge in [-0.2, -0.15) is 13.2 Å². The number of hydrogen-bond donors (Lipinski definition) is 1. The normalized spacial score (nSPS) is 13.1. The lowest BCUT2D eigenvalue weighted by atomic mass is 10.1. The average Bonchev–Trinajstić information content (AvgIpc) is 2.78. The van der Waals surface area contributed by atoms with Gasteiger partial charge in [-0.25, -0.2) is 8.42 Å². The Bertz CT molecular complexity index is 1280. The Balaban J connectivity index is 2.29. The molecule has 0 spiro atoms. The van der Waals surface area contributed by atoms with Crippen molar-refractivity contribution in [2.45, 2.75) is 64.8 Å². The molecule has 0 saturated heterocycles. The minimum Gasteiger partial charge on any atom is -0.350 e. The van der Waals surface area contributed by atoms with Crippen LogP contribution < -0.4 is 9.62 Å². The van der Waals surface area contributed by atoms with Crippen LogP contribution in [-0.4, -0.2) is 49.5 Å². The van der Waals surface area contributed by atoms with Gasteiger partial charge in [-0.05, 0) is 64.4 Å². The molecular weight excluding hydrogens is 578 g/mol. The molecule has 0 aliphatic carbocycles. The van der Waals surface area contributed by atoms with E-state index in [0.29, 0.717) is 15.6 Å². The molecule has 1 N–H and O–H groups in total. The van der Waals surface area contributed by atoms with Gasteiger partial charge in [0.05, 0.1) is 17.5 Å². The molecule has 0 bridgehead atoms. The van der Waals surface area contributed by atoms with Crippen molar-refractivity contribution in [2.24, 2.45) is 0 Å². The van der Waals surface area contributed by atoms with Crippen molar-refractivity contribution in [3.8, 4) is 0 Å². The van der Waals surface area contributed by atoms with Crippen molar-refractivity contribution >= 4 is 50.7 Å². The van der Waals surface area contributed by atoms with E-state index < -0.39 is 45.2 Å². The maximum atomic E-state index is 13.4. The Morgan fingerprint density at radius 1 is 1.03 bits per heavy atom. The molecule has 2 aromatic carbocycles. The number of nitrogens with one attached hydrogen (secondary N) is 1. The van der Waals surface area contributed by atoms with Crippen LogP contribution in [0.3, 0.4) is 0 Å². The number of hydrogen-bond acceptors (Lipinski definition) is 4. The van der Waals surface area contributed by atoms with E-state index in [9.17, 15) is 31.2 Å². The molecule has 2 rings (SSSR count). The quantitative estimate of drug-likeness (QED) is 0.364. The van der Waals surface area contributed by atoms with Crippen molar-refractivity contribution in [2.75, 3.05) is 17.1 Å². The maximum Gasteiger partial charge on any atom is 0.416 e. The predicted octanol–water partition coefficient (Wildman–Crippen LogP) is 5.89. The summed E-state index contributed by atoms with van der Waals surface area (Å²) in [4.78, 5) is 27.6. The van der Waals surface area contributed by atoms with Crippen LogP contribution in [-0.2, 0) is 32.3 Å². The number of sulfonamides is 1. The second-order valence-corrected chi connectivity index (χ2v) is 12.8. The van der Waals surface area contributed by atoms with Gasteiger partial charge in [0.15, 0.2) is 0 Å². The number of amides is 2. The lowest BCUT2D eigenvalue weighted by molar-refractivity contribution is -0.141. The van der Waals surface area contributed by atoms with E-state index in [1.807, 2.05) is 0 Å². The molecule has 0 aliphatic rings. The van der Waals surface area contributed by atoms with Crippen LogP contribution in [0.4, 0.5) is 18.9 Å². The van der Waals surface area contributed by atoms with Gasteiger partial charge in [-0.15, -0.1) is 0 Å². The third kappa shape index (κ3) is 9.58. The highest BCUT2D eigenvalue weighted by Crippen LogP contribution is 2.32. The number of rotatable bonds is 10. The number of benzene rings is 2. The topological polar surface area (TPSA) is 86.8 Å². The fourth-order valence-corrected chi connectivity index (χ4v) is 5.23. The first-order valence-corrected chi connectivity index (χ1v) is 14.6. The third-order valence-corrected chi connectivity index (χ3v) is 7.57. The molecule has 2 amide bonds. The minimum atomic E-state index is -4.65. The Hall–Kier alpha value is -2.50. The van der Waals surface area contributed by atoms with Crippen molar-refractivity contribution in [3.05, 3.63) is 63.6 Å². The molecule has 2 aromatic rings. The molecule has 13 heteroatoms. The van der Waals surface area contributed by atoms with Crippen molar-refractivity contribution < 1.29 is 31.2 Å². The number of carbonyl (C=O) groups is 2. The summed E-state index contributed by atoms with van der Waals surface area (Å²) < 4.78 is 65.2. The van der Waals surface area contributed by atoms with Gasteiger partial charge in [0.25, 0.3) is 0 Å². The summed E-state index contributed by atoms with van der Waals surface area (Å²) in [6.07, 6.45) is -4.00. The summed E-state index contributed by atoms with van der Waals surface area (Å²) in [5, 5.41) is 3.43. The molecule has 0 aliphatic heterocycles. The summed E-state index contributed by atoms with van der Waals surface area (Å²) in [5.41, 5.74) is -1.29. The highest BCUT2D eigenvalue weighted by molar-refractivity contribution is 7.92. The van der Waals surface area contributed by atoms with Gasteiger partial charge < -0.3 is 10.2 Å². The van der Waals surface area contributed by atoms with E-state index in [4.69, 9.17) is 23.2 Å². The van der Waals surface area contributed by atoms with Crippen molar-refractivity contribution in [1.29, 1.82) is 0 Å². The molecule has 39 heavy (non-hydrogen) atoms. The maximum absolute atomic E-state index is 13.4. The minimum absolute atomic E-state index is 0.0253. The van der Waals surface area contributed by atoms with E-state index in [2.05, 4.69) is 5.32 Å². The zero-order valence-corrected chi connectivity index (χ0v) is 24.6. The zero-order valence-electron chi connectivity index (χ0n) is 22.3. The summed E-state index contributed by atoms with van der Waals surface area (Å²) in [6.45, 7) is 6.59. The monoisotopic (exact) mass is 609 g/mol. The summed E-state index contributed by atoms with van der Waals surface area (Å²) in [7, 11) is -3.97. The molecule has 7 nitrogen and oxygen atoms in total. The molecule has 0 heterocycles. The molecule has 216 valence electrons. The number of carbonyl (C=O) groups excluding carboxylic acids is 2. The molecular formula is C26H32Cl2F3N3O4S. The second kappa shape index (κ2) is 12.8. The summed E-state index contributed by atoms with van der Waals surface area (Å²) in [5.74, 6) is -0.902. The first-order chi connectivity index (χ1) is 17.8. The zero-order chi connectivity index (χ0) is 29.8. The SMILES string of the molecule is CC(C(=O)NC(C)(C)C)N(Cc1c(Cl)cccc1Cl)C(=O)CCCN(c1cccc(C(F)(F)F)c1)S(C)(=O)=O. The number of anilines is 1. The molecule has 1 unspecified atom stereocenters. The van der Waals surface area contributed by atoms with Gasteiger partial charge in [-0.3, -0.25) is 13.9 Å². The van der Waals surface area contributed by atoms with E-state index in [1.165, 1.54) is 11.0 Å². The van der Waals surface area contributed by atoms with Crippen LogP contribution in [0.1, 0.15) is 51.7 Å². The fraction of sp³-hybridized carbons (Fsp3) is 0.462. The standard InChI is InChI=1S/C26H32Cl2F3N3O4S/c1-17(24(36)32-25(2,3)4)33(16-20-21(27)11-7-12-22(20)28)23(35)13-8-14-34(39(5,37)38)19-10-6-9-18(15-19)26(29,30)31/h6-7,9-12,15,17H,8,13-14,16H2,1-5H3,(H,32,36). The average molecular weight is 611 g/mol. The van der Waals surface area contributed by atoms with Gasteiger partial charge in [-0.1, -0.05) is 35.3 Å². The molecule has 0 radical (unpaired) electrons. The van der Waals surface area contributed by atoms with Crippen LogP contribution in [0.25, 0.3) is 0 Å². The van der Waals surface area contributed by atoms with E-state index >= 15 is 0 Å². The molecule has 0 fully saturated rings. The number of alkyl halides is 3. The smallest absolute Gasteiger partial charge is 0.350 e. The molecule has 1 atom stereocenters. The van der Waals surface area contributed by atoms with Crippen molar-refractivity contribution in [3.63, 3.8) is 0 Å². The largest absolute Gasteiger partial charge is 0.416 e.